The highest BCUT2D eigenvalue weighted by atomic mass is 16.5. The van der Waals surface area contributed by atoms with Gasteiger partial charge in [0.1, 0.15) is 11.6 Å². The highest BCUT2D eigenvalue weighted by molar-refractivity contribution is 6.09. The van der Waals surface area contributed by atoms with E-state index in [2.05, 4.69) is 17.3 Å². The Morgan fingerprint density at radius 1 is 1.21 bits per heavy atom. The largest absolute Gasteiger partial charge is 0.496 e. The molecule has 1 N–H and O–H groups in total. The summed E-state index contributed by atoms with van der Waals surface area (Å²) in [4.78, 5) is 25.9. The van der Waals surface area contributed by atoms with Crippen molar-refractivity contribution in [3.63, 3.8) is 0 Å². The third-order valence-corrected chi connectivity index (χ3v) is 5.38. The number of hydrogen-bond acceptors (Lipinski definition) is 4. The van der Waals surface area contributed by atoms with Gasteiger partial charge in [0, 0.05) is 12.0 Å². The fourth-order valence-electron chi connectivity index (χ4n) is 3.87. The van der Waals surface area contributed by atoms with E-state index in [1.807, 2.05) is 37.3 Å². The Balaban J connectivity index is 1.80. The van der Waals surface area contributed by atoms with Crippen LogP contribution >= 0.6 is 0 Å². The summed E-state index contributed by atoms with van der Waals surface area (Å²) in [7, 11) is 1.54. The van der Waals surface area contributed by atoms with Gasteiger partial charge in [0.15, 0.2) is 5.78 Å². The highest BCUT2D eigenvalue weighted by Crippen LogP contribution is 2.39. The molecule has 0 saturated heterocycles. The number of benzene rings is 2. The highest BCUT2D eigenvalue weighted by Gasteiger charge is 2.37. The summed E-state index contributed by atoms with van der Waals surface area (Å²) in [6.45, 7) is 3.97. The van der Waals surface area contributed by atoms with E-state index in [0.29, 0.717) is 17.1 Å². The molecule has 1 atom stereocenters. The number of nitrogens with one attached hydrogen (secondary N) is 1. The van der Waals surface area contributed by atoms with Crippen LogP contribution < -0.4 is 10.1 Å². The summed E-state index contributed by atoms with van der Waals surface area (Å²) in [5.41, 5.74) is 4.03. The maximum absolute atomic E-state index is 13.4. The summed E-state index contributed by atoms with van der Waals surface area (Å²) in [6.07, 6.45) is 1.04. The van der Waals surface area contributed by atoms with Crippen LogP contribution in [0.5, 0.6) is 5.75 Å². The van der Waals surface area contributed by atoms with Gasteiger partial charge in [-0.25, -0.2) is 4.68 Å². The predicted octanol–water partition coefficient (Wildman–Crippen LogP) is 4.06. The first-order valence-electron chi connectivity index (χ1n) is 9.69. The van der Waals surface area contributed by atoms with Crippen molar-refractivity contribution in [2.75, 3.05) is 12.4 Å². The molecule has 2 heterocycles. The Morgan fingerprint density at radius 2 is 1.93 bits per heavy atom. The zero-order valence-corrected chi connectivity index (χ0v) is 16.7. The van der Waals surface area contributed by atoms with Crippen molar-refractivity contribution >= 4 is 17.5 Å². The molecule has 2 aromatic carbocycles. The van der Waals surface area contributed by atoms with Gasteiger partial charge in [-0.15, -0.1) is 0 Å². The molecule has 6 nitrogen and oxygen atoms in total. The van der Waals surface area contributed by atoms with E-state index in [9.17, 15) is 9.59 Å². The molecular formula is C23H23N3O3. The summed E-state index contributed by atoms with van der Waals surface area (Å²) in [5.74, 6) is 0.139. The molecule has 0 saturated carbocycles. The Labute approximate surface area is 169 Å². The number of hydrogen-bond donors (Lipinski definition) is 1. The zero-order valence-electron chi connectivity index (χ0n) is 16.7. The van der Waals surface area contributed by atoms with Crippen LogP contribution in [-0.4, -0.2) is 28.6 Å². The smallest absolute Gasteiger partial charge is 0.226 e. The van der Waals surface area contributed by atoms with Crippen LogP contribution in [-0.2, 0) is 11.2 Å². The van der Waals surface area contributed by atoms with E-state index in [1.54, 1.807) is 22.9 Å². The van der Waals surface area contributed by atoms with Crippen LogP contribution in [0.4, 0.5) is 5.82 Å². The molecule has 29 heavy (non-hydrogen) atoms. The normalized spacial score (nSPS) is 15.6. The summed E-state index contributed by atoms with van der Waals surface area (Å²) >= 11 is 0. The van der Waals surface area contributed by atoms with Crippen molar-refractivity contribution < 1.29 is 14.3 Å². The number of ketones is 1. The number of anilines is 1. The lowest BCUT2D eigenvalue weighted by Crippen LogP contribution is -2.28. The number of methoxy groups -OCH3 is 1. The number of fused-ring (bicyclic) bond motifs is 1. The third kappa shape index (κ3) is 3.31. The number of aromatic nitrogens is 2. The van der Waals surface area contributed by atoms with Crippen molar-refractivity contribution in [2.45, 2.75) is 32.6 Å². The molecule has 0 aliphatic carbocycles. The quantitative estimate of drug-likeness (QED) is 0.668. The van der Waals surface area contributed by atoms with Gasteiger partial charge in [-0.3, -0.25) is 9.59 Å². The molecule has 1 aliphatic rings. The summed E-state index contributed by atoms with van der Waals surface area (Å²) < 4.78 is 7.07. The average Bonchev–Trinajstić information content (AvgIpc) is 3.08. The minimum Gasteiger partial charge on any atom is -0.496 e. The first kappa shape index (κ1) is 18.9. The van der Waals surface area contributed by atoms with Crippen molar-refractivity contribution in [1.29, 1.82) is 0 Å². The fraction of sp³-hybridized carbons (Fsp3) is 0.261. The third-order valence-electron chi connectivity index (χ3n) is 5.38. The number of nitrogens with zero attached hydrogens (tertiary/aromatic N) is 2. The van der Waals surface area contributed by atoms with E-state index < -0.39 is 5.92 Å². The monoisotopic (exact) mass is 389 g/mol. The van der Waals surface area contributed by atoms with E-state index in [1.165, 1.54) is 12.7 Å². The molecule has 148 valence electrons. The van der Waals surface area contributed by atoms with Crippen LogP contribution in [0.1, 0.15) is 46.4 Å². The lowest BCUT2D eigenvalue weighted by Gasteiger charge is -2.23. The number of aryl methyl sites for hydroxylation is 2. The van der Waals surface area contributed by atoms with Crippen LogP contribution in [0.2, 0.25) is 0 Å². The maximum atomic E-state index is 13.4. The Kier molecular flexibility index (Phi) is 4.92. The topological polar surface area (TPSA) is 73.2 Å². The second-order valence-electron chi connectivity index (χ2n) is 7.15. The first-order chi connectivity index (χ1) is 14.0. The summed E-state index contributed by atoms with van der Waals surface area (Å²) in [5, 5.41) is 7.56. The van der Waals surface area contributed by atoms with Crippen molar-refractivity contribution in [1.82, 2.24) is 9.78 Å². The lowest BCUT2D eigenvalue weighted by atomic mass is 9.85. The molecular weight excluding hydrogens is 366 g/mol. The minimum absolute atomic E-state index is 0.0885. The SMILES string of the molecule is CCc1ccc(-n2nc(C)c3c2NC(=O)CC3C(=O)c2ccccc2OC)cc1. The second kappa shape index (κ2) is 7.54. The first-order valence-corrected chi connectivity index (χ1v) is 9.69. The molecule has 1 aromatic heterocycles. The molecule has 0 fully saturated rings. The number of Topliss-reactive ketones (excluding diaryl/α,β-unsaturated/α-hetero) is 1. The Bertz CT molecular complexity index is 1080. The predicted molar refractivity (Wildman–Crippen MR) is 111 cm³/mol. The van der Waals surface area contributed by atoms with Crippen LogP contribution in [0.25, 0.3) is 5.69 Å². The molecule has 0 spiro atoms. The number of amides is 1. The lowest BCUT2D eigenvalue weighted by molar-refractivity contribution is -0.116. The number of carbonyl (C=O) groups excluding carboxylic acids is 2. The molecule has 6 heteroatoms. The van der Waals surface area contributed by atoms with E-state index >= 15 is 0 Å². The number of para-hydroxylation sites is 1. The van der Waals surface area contributed by atoms with Crippen molar-refractivity contribution in [3.05, 3.63) is 70.9 Å². The number of rotatable bonds is 5. The molecule has 1 amide bonds. The zero-order chi connectivity index (χ0) is 20.5. The molecule has 1 unspecified atom stereocenters. The molecule has 0 radical (unpaired) electrons. The van der Waals surface area contributed by atoms with Gasteiger partial charge in [0.05, 0.1) is 30.0 Å². The average molecular weight is 389 g/mol. The molecule has 3 aromatic rings. The minimum atomic E-state index is -0.598. The van der Waals surface area contributed by atoms with Gasteiger partial charge < -0.3 is 10.1 Å². The number of carbonyl (C=O) groups is 2. The van der Waals surface area contributed by atoms with Crippen LogP contribution in [0, 0.1) is 6.92 Å². The van der Waals surface area contributed by atoms with Gasteiger partial charge in [-0.2, -0.15) is 5.10 Å². The molecule has 1 aliphatic heterocycles. The Hall–Kier alpha value is -3.41. The van der Waals surface area contributed by atoms with Crippen molar-refractivity contribution in [2.24, 2.45) is 0 Å². The van der Waals surface area contributed by atoms with Gasteiger partial charge in [-0.1, -0.05) is 31.2 Å². The van der Waals surface area contributed by atoms with Crippen LogP contribution in [0.3, 0.4) is 0 Å². The second-order valence-corrected chi connectivity index (χ2v) is 7.15. The number of ether oxygens (including phenoxy) is 1. The maximum Gasteiger partial charge on any atom is 0.226 e. The molecule has 0 bridgehead atoms. The standard InChI is InChI=1S/C23H23N3O3/c1-4-15-9-11-16(12-10-15)26-23-21(14(2)25-26)18(13-20(27)24-23)22(28)17-7-5-6-8-19(17)29-3/h5-12,18H,4,13H2,1-3H3,(H,24,27). The van der Waals surface area contributed by atoms with Gasteiger partial charge in [0.2, 0.25) is 5.91 Å². The van der Waals surface area contributed by atoms with E-state index in [4.69, 9.17) is 4.74 Å². The van der Waals surface area contributed by atoms with E-state index in [-0.39, 0.29) is 18.1 Å². The van der Waals surface area contributed by atoms with Crippen molar-refractivity contribution in [3.8, 4) is 11.4 Å². The summed E-state index contributed by atoms with van der Waals surface area (Å²) in [6, 6.07) is 15.1. The molecule has 4 rings (SSSR count). The van der Waals surface area contributed by atoms with E-state index in [0.717, 1.165) is 23.4 Å². The Morgan fingerprint density at radius 3 is 2.62 bits per heavy atom. The van der Waals surface area contributed by atoms with Crippen LogP contribution in [0.15, 0.2) is 48.5 Å². The van der Waals surface area contributed by atoms with Gasteiger partial charge in [-0.05, 0) is 43.2 Å². The van der Waals surface area contributed by atoms with Gasteiger partial charge >= 0.3 is 0 Å². The van der Waals surface area contributed by atoms with Gasteiger partial charge in [0.25, 0.3) is 0 Å². The fourth-order valence-corrected chi connectivity index (χ4v) is 3.87.